The number of ether oxygens (including phenoxy) is 1. The topological polar surface area (TPSA) is 55.4 Å². The van der Waals surface area contributed by atoms with Gasteiger partial charge < -0.3 is 10.1 Å². The molecule has 2 rings (SSSR count). The van der Waals surface area contributed by atoms with E-state index >= 15 is 0 Å². The Hall–Kier alpha value is -2.36. The summed E-state index contributed by atoms with van der Waals surface area (Å²) in [5.41, 5.74) is 0.477. The highest BCUT2D eigenvalue weighted by Gasteiger charge is 2.10. The maximum Gasteiger partial charge on any atom is 0.257 e. The van der Waals surface area contributed by atoms with E-state index in [1.54, 1.807) is 6.07 Å². The number of benzene rings is 2. The SMILES string of the molecule is CC(C)CNC(=O)COc1ccc2ccccc2c1C=O. The molecule has 110 valence electrons. The van der Waals surface area contributed by atoms with Gasteiger partial charge in [0.2, 0.25) is 0 Å². The molecule has 1 N–H and O–H groups in total. The Morgan fingerprint density at radius 3 is 2.71 bits per heavy atom. The lowest BCUT2D eigenvalue weighted by Gasteiger charge is -2.11. The number of carbonyl (C=O) groups is 2. The molecule has 0 aliphatic carbocycles. The first kappa shape index (κ1) is 15.0. The van der Waals surface area contributed by atoms with E-state index in [-0.39, 0.29) is 12.5 Å². The van der Waals surface area contributed by atoms with Crippen LogP contribution in [0.5, 0.6) is 5.75 Å². The number of hydrogen-bond acceptors (Lipinski definition) is 3. The molecule has 0 bridgehead atoms. The Morgan fingerprint density at radius 1 is 1.24 bits per heavy atom. The van der Waals surface area contributed by atoms with Gasteiger partial charge in [0, 0.05) is 6.54 Å². The van der Waals surface area contributed by atoms with Crippen molar-refractivity contribution in [3.63, 3.8) is 0 Å². The van der Waals surface area contributed by atoms with Crippen LogP contribution < -0.4 is 10.1 Å². The smallest absolute Gasteiger partial charge is 0.257 e. The predicted octanol–water partition coefficient (Wildman–Crippen LogP) is 2.80. The van der Waals surface area contributed by atoms with Gasteiger partial charge in [0.1, 0.15) is 5.75 Å². The summed E-state index contributed by atoms with van der Waals surface area (Å²) >= 11 is 0. The van der Waals surface area contributed by atoms with Crippen molar-refractivity contribution in [3.8, 4) is 5.75 Å². The summed E-state index contributed by atoms with van der Waals surface area (Å²) in [5, 5.41) is 4.57. The number of rotatable bonds is 6. The van der Waals surface area contributed by atoms with Crippen LogP contribution in [0.25, 0.3) is 10.8 Å². The lowest BCUT2D eigenvalue weighted by molar-refractivity contribution is -0.123. The minimum absolute atomic E-state index is 0.0914. The van der Waals surface area contributed by atoms with E-state index in [1.807, 2.05) is 44.2 Å². The van der Waals surface area contributed by atoms with E-state index < -0.39 is 0 Å². The minimum Gasteiger partial charge on any atom is -0.483 e. The summed E-state index contributed by atoms with van der Waals surface area (Å²) in [7, 11) is 0. The van der Waals surface area contributed by atoms with Crippen molar-refractivity contribution in [2.24, 2.45) is 5.92 Å². The lowest BCUT2D eigenvalue weighted by atomic mass is 10.0. The fourth-order valence-electron chi connectivity index (χ4n) is 2.04. The van der Waals surface area contributed by atoms with Crippen molar-refractivity contribution in [3.05, 3.63) is 42.0 Å². The Morgan fingerprint density at radius 2 is 2.00 bits per heavy atom. The van der Waals surface area contributed by atoms with Gasteiger partial charge in [0.15, 0.2) is 12.9 Å². The van der Waals surface area contributed by atoms with Crippen molar-refractivity contribution in [2.75, 3.05) is 13.2 Å². The van der Waals surface area contributed by atoms with Gasteiger partial charge in [0.05, 0.1) is 5.56 Å². The third-order valence-corrected chi connectivity index (χ3v) is 3.11. The zero-order chi connectivity index (χ0) is 15.2. The first-order valence-corrected chi connectivity index (χ1v) is 6.98. The Bertz CT molecular complexity index is 650. The number of amides is 1. The summed E-state index contributed by atoms with van der Waals surface area (Å²) < 4.78 is 5.49. The van der Waals surface area contributed by atoms with Crippen molar-refractivity contribution >= 4 is 23.0 Å². The van der Waals surface area contributed by atoms with Crippen LogP contribution in [0, 0.1) is 5.92 Å². The van der Waals surface area contributed by atoms with Crippen LogP contribution in [0.1, 0.15) is 24.2 Å². The zero-order valence-electron chi connectivity index (χ0n) is 12.3. The van der Waals surface area contributed by atoms with E-state index in [2.05, 4.69) is 5.32 Å². The Labute approximate surface area is 124 Å². The van der Waals surface area contributed by atoms with E-state index in [1.165, 1.54) is 0 Å². The molecule has 0 atom stereocenters. The van der Waals surface area contributed by atoms with E-state index in [0.717, 1.165) is 17.1 Å². The van der Waals surface area contributed by atoms with Crippen LogP contribution in [0.4, 0.5) is 0 Å². The molecule has 0 aromatic heterocycles. The van der Waals surface area contributed by atoms with E-state index in [4.69, 9.17) is 4.74 Å². The van der Waals surface area contributed by atoms with Gasteiger partial charge in [-0.25, -0.2) is 0 Å². The van der Waals surface area contributed by atoms with Gasteiger partial charge in [-0.1, -0.05) is 44.2 Å². The molecule has 1 amide bonds. The number of fused-ring (bicyclic) bond motifs is 1. The molecule has 0 unspecified atom stereocenters. The summed E-state index contributed by atoms with van der Waals surface area (Å²) in [6.45, 7) is 4.57. The summed E-state index contributed by atoms with van der Waals surface area (Å²) in [6.07, 6.45) is 0.768. The maximum absolute atomic E-state index is 11.7. The van der Waals surface area contributed by atoms with E-state index in [9.17, 15) is 9.59 Å². The molecule has 4 heteroatoms. The van der Waals surface area contributed by atoms with Gasteiger partial charge in [-0.3, -0.25) is 9.59 Å². The minimum atomic E-state index is -0.186. The molecule has 21 heavy (non-hydrogen) atoms. The van der Waals surface area contributed by atoms with Crippen molar-refractivity contribution in [1.29, 1.82) is 0 Å². The quantitative estimate of drug-likeness (QED) is 0.830. The van der Waals surface area contributed by atoms with Crippen LogP contribution >= 0.6 is 0 Å². The van der Waals surface area contributed by atoms with Gasteiger partial charge in [-0.15, -0.1) is 0 Å². The third kappa shape index (κ3) is 3.81. The van der Waals surface area contributed by atoms with Crippen molar-refractivity contribution in [1.82, 2.24) is 5.32 Å². The Balaban J connectivity index is 2.12. The molecule has 0 fully saturated rings. The molecule has 0 spiro atoms. The second kappa shape index (κ2) is 6.88. The number of hydrogen-bond donors (Lipinski definition) is 1. The molecule has 0 aliphatic rings. The highest BCUT2D eigenvalue weighted by atomic mass is 16.5. The molecule has 0 radical (unpaired) electrons. The highest BCUT2D eigenvalue weighted by Crippen LogP contribution is 2.26. The first-order valence-electron chi connectivity index (χ1n) is 6.98. The fraction of sp³-hybridized carbons (Fsp3) is 0.294. The summed E-state index contributed by atoms with van der Waals surface area (Å²) in [4.78, 5) is 23.0. The monoisotopic (exact) mass is 285 g/mol. The molecule has 0 saturated carbocycles. The second-order valence-corrected chi connectivity index (χ2v) is 5.30. The number of carbonyl (C=O) groups excluding carboxylic acids is 2. The molecule has 2 aromatic carbocycles. The zero-order valence-corrected chi connectivity index (χ0v) is 12.3. The maximum atomic E-state index is 11.7. The highest BCUT2D eigenvalue weighted by molar-refractivity contribution is 6.00. The first-order chi connectivity index (χ1) is 10.1. The molecular formula is C17H19NO3. The normalized spacial score (nSPS) is 10.6. The number of aldehydes is 1. The summed E-state index contributed by atoms with van der Waals surface area (Å²) in [5.74, 6) is 0.636. The third-order valence-electron chi connectivity index (χ3n) is 3.11. The molecule has 0 saturated heterocycles. The second-order valence-electron chi connectivity index (χ2n) is 5.30. The lowest BCUT2D eigenvalue weighted by Crippen LogP contribution is -2.31. The van der Waals surface area contributed by atoms with Gasteiger partial charge >= 0.3 is 0 Å². The van der Waals surface area contributed by atoms with Crippen molar-refractivity contribution < 1.29 is 14.3 Å². The van der Waals surface area contributed by atoms with Crippen molar-refractivity contribution in [2.45, 2.75) is 13.8 Å². The van der Waals surface area contributed by atoms with Crippen LogP contribution in [-0.2, 0) is 4.79 Å². The van der Waals surface area contributed by atoms with E-state index in [0.29, 0.717) is 23.8 Å². The molecular weight excluding hydrogens is 266 g/mol. The standard InChI is InChI=1S/C17H19NO3/c1-12(2)9-18-17(20)11-21-16-8-7-13-5-3-4-6-14(13)15(16)10-19/h3-8,10,12H,9,11H2,1-2H3,(H,18,20). The number of nitrogens with one attached hydrogen (secondary N) is 1. The average molecular weight is 285 g/mol. The Kier molecular flexibility index (Phi) is 4.93. The summed E-state index contributed by atoms with van der Waals surface area (Å²) in [6, 6.07) is 11.2. The van der Waals surface area contributed by atoms with Gasteiger partial charge in [-0.2, -0.15) is 0 Å². The predicted molar refractivity (Wildman–Crippen MR) is 82.7 cm³/mol. The van der Waals surface area contributed by atoms with Crippen LogP contribution in [-0.4, -0.2) is 25.3 Å². The van der Waals surface area contributed by atoms with Gasteiger partial charge in [-0.05, 0) is 22.8 Å². The molecule has 4 nitrogen and oxygen atoms in total. The van der Waals surface area contributed by atoms with Gasteiger partial charge in [0.25, 0.3) is 5.91 Å². The largest absolute Gasteiger partial charge is 0.483 e. The molecule has 2 aromatic rings. The van der Waals surface area contributed by atoms with Crippen LogP contribution in [0.15, 0.2) is 36.4 Å². The molecule has 0 heterocycles. The van der Waals surface area contributed by atoms with Crippen LogP contribution in [0.3, 0.4) is 0 Å². The fourth-order valence-corrected chi connectivity index (χ4v) is 2.04. The van der Waals surface area contributed by atoms with Crippen LogP contribution in [0.2, 0.25) is 0 Å². The average Bonchev–Trinajstić information content (AvgIpc) is 2.50. The molecule has 0 aliphatic heterocycles.